The Bertz CT molecular complexity index is 503. The van der Waals surface area contributed by atoms with Crippen LogP contribution in [0.2, 0.25) is 0 Å². The third-order valence-electron chi connectivity index (χ3n) is 2.85. The first kappa shape index (κ1) is 15.8. The third-order valence-corrected chi connectivity index (χ3v) is 4.00. The number of aromatic nitrogens is 3. The van der Waals surface area contributed by atoms with E-state index in [-0.39, 0.29) is 10.9 Å². The Morgan fingerprint density at radius 3 is 2.84 bits per heavy atom. The van der Waals surface area contributed by atoms with E-state index in [2.05, 4.69) is 28.5 Å². The van der Waals surface area contributed by atoms with Gasteiger partial charge in [-0.3, -0.25) is 9.88 Å². The van der Waals surface area contributed by atoms with Gasteiger partial charge in [-0.2, -0.15) is 5.26 Å². The lowest BCUT2D eigenvalue weighted by atomic mass is 9.98. The zero-order valence-electron chi connectivity index (χ0n) is 11.9. The Balaban J connectivity index is 2.63. The van der Waals surface area contributed by atoms with Gasteiger partial charge in [0.15, 0.2) is 5.16 Å². The molecule has 19 heavy (non-hydrogen) atoms. The molecule has 1 heterocycles. The second-order valence-corrected chi connectivity index (χ2v) is 6.28. The van der Waals surface area contributed by atoms with Crippen LogP contribution in [0.4, 0.5) is 0 Å². The maximum absolute atomic E-state index is 11.3. The number of nitrogens with one attached hydrogen (secondary N) is 2. The predicted octanol–water partition coefficient (Wildman–Crippen LogP) is 1.26. The van der Waals surface area contributed by atoms with Gasteiger partial charge < -0.3 is 0 Å². The number of hydrogen-bond donors (Lipinski definition) is 2. The summed E-state index contributed by atoms with van der Waals surface area (Å²) in [6.45, 7) is 6.83. The molecule has 106 valence electrons. The Labute approximate surface area is 117 Å². The molecule has 2 N–H and O–H groups in total. The van der Waals surface area contributed by atoms with Crippen molar-refractivity contribution < 1.29 is 0 Å². The summed E-state index contributed by atoms with van der Waals surface area (Å²) in [4.78, 5) is 11.3. The molecule has 1 aromatic rings. The highest BCUT2D eigenvalue weighted by Crippen LogP contribution is 2.26. The van der Waals surface area contributed by atoms with Crippen molar-refractivity contribution >= 4 is 11.8 Å². The SMILES string of the molecule is CCCNC(C)(C#N)CC(C)Sc1n[nH]c(=O)n1C. The van der Waals surface area contributed by atoms with Crippen LogP contribution in [-0.2, 0) is 7.05 Å². The van der Waals surface area contributed by atoms with E-state index in [4.69, 9.17) is 0 Å². The van der Waals surface area contributed by atoms with E-state index >= 15 is 0 Å². The molecule has 0 aliphatic rings. The van der Waals surface area contributed by atoms with E-state index < -0.39 is 5.54 Å². The summed E-state index contributed by atoms with van der Waals surface area (Å²) < 4.78 is 1.48. The summed E-state index contributed by atoms with van der Waals surface area (Å²) in [5, 5.41) is 19.7. The highest BCUT2D eigenvalue weighted by molar-refractivity contribution is 7.99. The normalized spacial score (nSPS) is 15.7. The molecule has 0 bridgehead atoms. The van der Waals surface area contributed by atoms with Crippen molar-refractivity contribution in [2.75, 3.05) is 6.54 Å². The maximum atomic E-state index is 11.3. The Kier molecular flexibility index (Phi) is 5.63. The quantitative estimate of drug-likeness (QED) is 0.736. The summed E-state index contributed by atoms with van der Waals surface area (Å²) in [5.41, 5.74) is -0.765. The number of rotatable bonds is 7. The topological polar surface area (TPSA) is 86.5 Å². The number of H-pyrrole nitrogens is 1. The van der Waals surface area contributed by atoms with E-state index in [1.54, 1.807) is 7.05 Å². The van der Waals surface area contributed by atoms with Crippen LogP contribution in [-0.4, -0.2) is 32.1 Å². The van der Waals surface area contributed by atoms with Gasteiger partial charge >= 0.3 is 5.69 Å². The minimum absolute atomic E-state index is 0.183. The van der Waals surface area contributed by atoms with Crippen molar-refractivity contribution in [1.29, 1.82) is 5.26 Å². The summed E-state index contributed by atoms with van der Waals surface area (Å²) in [7, 11) is 1.68. The van der Waals surface area contributed by atoms with Gasteiger partial charge in [0, 0.05) is 12.3 Å². The van der Waals surface area contributed by atoms with Gasteiger partial charge in [-0.05, 0) is 26.3 Å². The number of nitriles is 1. The molecular formula is C12H21N5OS. The minimum atomic E-state index is -0.544. The molecule has 0 saturated heterocycles. The first-order chi connectivity index (χ1) is 8.91. The van der Waals surface area contributed by atoms with Crippen LogP contribution >= 0.6 is 11.8 Å². The molecular weight excluding hydrogens is 262 g/mol. The average Bonchev–Trinajstić information content (AvgIpc) is 2.68. The average molecular weight is 283 g/mol. The molecule has 0 aromatic carbocycles. The van der Waals surface area contributed by atoms with Gasteiger partial charge in [-0.15, -0.1) is 5.10 Å². The third kappa shape index (κ3) is 4.40. The van der Waals surface area contributed by atoms with Crippen molar-refractivity contribution in [3.63, 3.8) is 0 Å². The van der Waals surface area contributed by atoms with E-state index in [1.165, 1.54) is 16.3 Å². The van der Waals surface area contributed by atoms with Crippen LogP contribution in [0.3, 0.4) is 0 Å². The second kappa shape index (κ2) is 6.78. The summed E-state index contributed by atoms with van der Waals surface area (Å²) in [6, 6.07) is 2.33. The lowest BCUT2D eigenvalue weighted by Crippen LogP contribution is -2.43. The molecule has 0 aliphatic carbocycles. The van der Waals surface area contributed by atoms with Crippen molar-refractivity contribution in [2.24, 2.45) is 7.05 Å². The van der Waals surface area contributed by atoms with Crippen molar-refractivity contribution in [3.05, 3.63) is 10.5 Å². The summed E-state index contributed by atoms with van der Waals surface area (Å²) in [6.07, 6.45) is 1.68. The van der Waals surface area contributed by atoms with Crippen LogP contribution in [0.5, 0.6) is 0 Å². The Morgan fingerprint density at radius 2 is 2.37 bits per heavy atom. The molecule has 0 saturated carbocycles. The van der Waals surface area contributed by atoms with E-state index in [1.807, 2.05) is 13.8 Å². The molecule has 1 rings (SSSR count). The Hall–Kier alpha value is -1.26. The highest BCUT2D eigenvalue weighted by Gasteiger charge is 2.26. The van der Waals surface area contributed by atoms with Crippen LogP contribution in [0, 0.1) is 11.3 Å². The molecule has 7 heteroatoms. The number of aromatic amines is 1. The van der Waals surface area contributed by atoms with E-state index in [0.29, 0.717) is 11.6 Å². The van der Waals surface area contributed by atoms with E-state index in [0.717, 1.165) is 13.0 Å². The number of nitrogens with zero attached hydrogens (tertiary/aromatic N) is 3. The molecule has 1 aromatic heterocycles. The molecule has 0 radical (unpaired) electrons. The number of hydrogen-bond acceptors (Lipinski definition) is 5. The zero-order valence-corrected chi connectivity index (χ0v) is 12.7. The van der Waals surface area contributed by atoms with Crippen molar-refractivity contribution in [2.45, 2.75) is 49.6 Å². The van der Waals surface area contributed by atoms with Crippen LogP contribution < -0.4 is 11.0 Å². The summed E-state index contributed by atoms with van der Waals surface area (Å²) in [5.74, 6) is 0. The zero-order chi connectivity index (χ0) is 14.5. The van der Waals surface area contributed by atoms with Gasteiger partial charge in [0.25, 0.3) is 0 Å². The van der Waals surface area contributed by atoms with Crippen LogP contribution in [0.15, 0.2) is 9.95 Å². The summed E-state index contributed by atoms with van der Waals surface area (Å²) >= 11 is 1.50. The largest absolute Gasteiger partial charge is 0.343 e. The lowest BCUT2D eigenvalue weighted by Gasteiger charge is -2.26. The standard InChI is InChI=1S/C12H21N5OS/c1-5-6-14-12(3,8-13)7-9(2)19-11-16-15-10(18)17(11)4/h9,14H,5-7H2,1-4H3,(H,15,18). The van der Waals surface area contributed by atoms with Gasteiger partial charge in [-0.25, -0.2) is 9.89 Å². The molecule has 0 spiro atoms. The molecule has 2 atom stereocenters. The van der Waals surface area contributed by atoms with Gasteiger partial charge in [0.1, 0.15) is 5.54 Å². The van der Waals surface area contributed by atoms with Gasteiger partial charge in [-0.1, -0.05) is 25.6 Å². The fraction of sp³-hybridized carbons (Fsp3) is 0.750. The minimum Gasteiger partial charge on any atom is -0.300 e. The predicted molar refractivity (Wildman–Crippen MR) is 76.1 cm³/mol. The fourth-order valence-electron chi connectivity index (χ4n) is 1.79. The smallest absolute Gasteiger partial charge is 0.300 e. The number of thioether (sulfide) groups is 1. The molecule has 0 amide bonds. The molecule has 0 fully saturated rings. The van der Waals surface area contributed by atoms with Gasteiger partial charge in [0.2, 0.25) is 0 Å². The van der Waals surface area contributed by atoms with Crippen LogP contribution in [0.25, 0.3) is 0 Å². The molecule has 0 aliphatic heterocycles. The van der Waals surface area contributed by atoms with Crippen molar-refractivity contribution in [1.82, 2.24) is 20.1 Å². The first-order valence-electron chi connectivity index (χ1n) is 6.36. The van der Waals surface area contributed by atoms with E-state index in [9.17, 15) is 10.1 Å². The monoisotopic (exact) mass is 283 g/mol. The Morgan fingerprint density at radius 1 is 1.68 bits per heavy atom. The lowest BCUT2D eigenvalue weighted by molar-refractivity contribution is 0.418. The van der Waals surface area contributed by atoms with Crippen LogP contribution in [0.1, 0.15) is 33.6 Å². The molecule has 6 nitrogen and oxygen atoms in total. The fourth-order valence-corrected chi connectivity index (χ4v) is 2.91. The van der Waals surface area contributed by atoms with Gasteiger partial charge in [0.05, 0.1) is 6.07 Å². The highest BCUT2D eigenvalue weighted by atomic mass is 32.2. The molecule has 2 unspecified atom stereocenters. The van der Waals surface area contributed by atoms with Crippen molar-refractivity contribution in [3.8, 4) is 6.07 Å². The maximum Gasteiger partial charge on any atom is 0.343 e. The second-order valence-electron chi connectivity index (χ2n) is 4.87. The first-order valence-corrected chi connectivity index (χ1v) is 7.24.